The summed E-state index contributed by atoms with van der Waals surface area (Å²) in [5, 5.41) is 8.24. The second-order valence-electron chi connectivity index (χ2n) is 7.16. The fourth-order valence-corrected chi connectivity index (χ4v) is 4.36. The molecule has 31 heavy (non-hydrogen) atoms. The van der Waals surface area contributed by atoms with E-state index in [0.29, 0.717) is 5.56 Å². The van der Waals surface area contributed by atoms with E-state index in [-0.39, 0.29) is 28.6 Å². The number of amides is 1. The maximum Gasteiger partial charge on any atom is 0.277 e. The fourth-order valence-electron chi connectivity index (χ4n) is 3.74. The van der Waals surface area contributed by atoms with Gasteiger partial charge < -0.3 is 4.42 Å². The summed E-state index contributed by atoms with van der Waals surface area (Å²) in [5.74, 6) is -0.0937. The van der Waals surface area contributed by atoms with Crippen molar-refractivity contribution in [2.75, 3.05) is 10.7 Å². The Morgan fingerprint density at radius 2 is 1.61 bits per heavy atom. The van der Waals surface area contributed by atoms with E-state index in [1.54, 1.807) is 17.0 Å². The molecule has 1 amide bonds. The molecule has 1 aromatic heterocycles. The Labute approximate surface area is 182 Å². The monoisotopic (exact) mass is 431 g/mol. The number of nitrogens with zero attached hydrogens (tertiary/aromatic N) is 3. The number of thioether (sulfide) groups is 1. The molecule has 0 atom stereocenters. The van der Waals surface area contributed by atoms with Gasteiger partial charge in [-0.2, -0.15) is 0 Å². The van der Waals surface area contributed by atoms with Crippen molar-refractivity contribution in [3.63, 3.8) is 0 Å². The quantitative estimate of drug-likeness (QED) is 0.403. The van der Waals surface area contributed by atoms with Gasteiger partial charge in [-0.15, -0.1) is 10.2 Å². The molecule has 0 saturated carbocycles. The highest BCUT2D eigenvalue weighted by Crippen LogP contribution is 2.36. The number of aromatic nitrogens is 2. The Bertz CT molecular complexity index is 1210. The molecule has 0 N–H and O–H groups in total. The third-order valence-corrected chi connectivity index (χ3v) is 5.98. The van der Waals surface area contributed by atoms with Gasteiger partial charge in [0.15, 0.2) is 0 Å². The Morgan fingerprint density at radius 1 is 0.935 bits per heavy atom. The van der Waals surface area contributed by atoms with E-state index < -0.39 is 0 Å². The molecule has 0 radical (unpaired) electrons. The van der Waals surface area contributed by atoms with Crippen molar-refractivity contribution < 1.29 is 13.6 Å². The molecule has 2 heterocycles. The summed E-state index contributed by atoms with van der Waals surface area (Å²) in [7, 11) is 0. The second kappa shape index (κ2) is 8.35. The van der Waals surface area contributed by atoms with Crippen LogP contribution in [-0.2, 0) is 17.6 Å². The molecule has 7 heteroatoms. The van der Waals surface area contributed by atoms with Gasteiger partial charge in [-0.3, -0.25) is 9.69 Å². The zero-order valence-corrected chi connectivity index (χ0v) is 17.3. The molecule has 1 aliphatic rings. The lowest BCUT2D eigenvalue weighted by Gasteiger charge is -2.24. The van der Waals surface area contributed by atoms with Gasteiger partial charge in [-0.05, 0) is 54.3 Å². The third kappa shape index (κ3) is 3.96. The van der Waals surface area contributed by atoms with Crippen LogP contribution in [0.4, 0.5) is 15.8 Å². The molecule has 0 aliphatic carbocycles. The summed E-state index contributed by atoms with van der Waals surface area (Å²) in [4.78, 5) is 15.1. The number of benzene rings is 3. The van der Waals surface area contributed by atoms with Crippen LogP contribution in [0.3, 0.4) is 0 Å². The van der Waals surface area contributed by atoms with E-state index >= 15 is 0 Å². The first kappa shape index (κ1) is 19.5. The topological polar surface area (TPSA) is 59.2 Å². The van der Waals surface area contributed by atoms with Gasteiger partial charge in [0, 0.05) is 5.56 Å². The molecule has 3 aromatic carbocycles. The number of halogens is 1. The number of aryl methyl sites for hydroxylation is 2. The Kier molecular flexibility index (Phi) is 5.26. The minimum atomic E-state index is -0.376. The fraction of sp³-hybridized carbons (Fsp3) is 0.125. The van der Waals surface area contributed by atoms with Crippen LogP contribution in [0.2, 0.25) is 0 Å². The molecule has 5 rings (SSSR count). The number of anilines is 2. The van der Waals surface area contributed by atoms with Crippen molar-refractivity contribution >= 4 is 29.0 Å². The van der Waals surface area contributed by atoms with Crippen molar-refractivity contribution in [3.05, 3.63) is 89.7 Å². The largest absolute Gasteiger partial charge is 0.411 e. The smallest absolute Gasteiger partial charge is 0.277 e. The molecular weight excluding hydrogens is 413 g/mol. The lowest BCUT2D eigenvalue weighted by Crippen LogP contribution is -2.28. The molecule has 5 nitrogen and oxygen atoms in total. The molecule has 0 fully saturated rings. The summed E-state index contributed by atoms with van der Waals surface area (Å²) in [6.07, 6.45) is 1.76. The first-order valence-electron chi connectivity index (χ1n) is 9.90. The van der Waals surface area contributed by atoms with Gasteiger partial charge in [-0.1, -0.05) is 54.2 Å². The van der Waals surface area contributed by atoms with Crippen LogP contribution in [0.15, 0.2) is 82.4 Å². The van der Waals surface area contributed by atoms with E-state index in [9.17, 15) is 9.18 Å². The van der Waals surface area contributed by atoms with Crippen molar-refractivity contribution in [2.45, 2.75) is 18.1 Å². The number of hydrogen-bond donors (Lipinski definition) is 0. The maximum absolute atomic E-state index is 13.4. The Hall–Kier alpha value is -3.45. The zero-order valence-electron chi connectivity index (χ0n) is 16.5. The zero-order chi connectivity index (χ0) is 21.2. The minimum absolute atomic E-state index is 0.0719. The molecule has 1 aliphatic heterocycles. The molecular formula is C24H18FN3O2S. The average Bonchev–Trinajstić information content (AvgIpc) is 3.20. The number of carbonyl (C=O) groups excluding carboxylic acids is 1. The second-order valence-corrected chi connectivity index (χ2v) is 8.09. The van der Waals surface area contributed by atoms with Crippen molar-refractivity contribution in [2.24, 2.45) is 0 Å². The molecule has 0 unspecified atom stereocenters. The number of hydrogen-bond acceptors (Lipinski definition) is 5. The van der Waals surface area contributed by atoms with Crippen LogP contribution in [0.1, 0.15) is 11.1 Å². The van der Waals surface area contributed by atoms with Crippen LogP contribution in [-0.4, -0.2) is 21.9 Å². The first-order valence-corrected chi connectivity index (χ1v) is 10.9. The highest BCUT2D eigenvalue weighted by Gasteiger charge is 2.26. The summed E-state index contributed by atoms with van der Waals surface area (Å²) < 4.78 is 19.1. The first-order chi connectivity index (χ1) is 15.2. The van der Waals surface area contributed by atoms with Crippen LogP contribution in [0, 0.1) is 5.82 Å². The predicted molar refractivity (Wildman–Crippen MR) is 118 cm³/mol. The van der Waals surface area contributed by atoms with Gasteiger partial charge in [0.25, 0.3) is 5.22 Å². The number of carbonyl (C=O) groups is 1. The molecule has 154 valence electrons. The number of rotatable bonds is 4. The molecule has 0 saturated heterocycles. The summed E-state index contributed by atoms with van der Waals surface area (Å²) in [6, 6.07) is 22.0. The molecule has 0 spiro atoms. The standard InChI is InChI=1S/C24H18FN3O2S/c25-19-9-5-8-18(14-19)23-26-27-24(30-23)31-15-22(29)28-20-10-3-1-6-16(20)12-13-17-7-2-4-11-21(17)28/h1-11,14H,12-13,15H2. The van der Waals surface area contributed by atoms with Crippen LogP contribution < -0.4 is 4.90 Å². The lowest BCUT2D eigenvalue weighted by molar-refractivity contribution is -0.115. The number of para-hydroxylation sites is 2. The van der Waals surface area contributed by atoms with Crippen molar-refractivity contribution in [3.8, 4) is 11.5 Å². The summed E-state index contributed by atoms with van der Waals surface area (Å²) in [6.45, 7) is 0. The lowest BCUT2D eigenvalue weighted by atomic mass is 10.0. The number of fused-ring (bicyclic) bond motifs is 2. The van der Waals surface area contributed by atoms with E-state index in [2.05, 4.69) is 22.3 Å². The summed E-state index contributed by atoms with van der Waals surface area (Å²) in [5.41, 5.74) is 4.60. The van der Waals surface area contributed by atoms with E-state index in [4.69, 9.17) is 4.42 Å². The van der Waals surface area contributed by atoms with Crippen molar-refractivity contribution in [1.29, 1.82) is 0 Å². The van der Waals surface area contributed by atoms with Crippen LogP contribution >= 0.6 is 11.8 Å². The van der Waals surface area contributed by atoms with Gasteiger partial charge in [-0.25, -0.2) is 4.39 Å². The highest BCUT2D eigenvalue weighted by atomic mass is 32.2. The van der Waals surface area contributed by atoms with Gasteiger partial charge >= 0.3 is 0 Å². The predicted octanol–water partition coefficient (Wildman–Crippen LogP) is 5.43. The van der Waals surface area contributed by atoms with Gasteiger partial charge in [0.05, 0.1) is 17.1 Å². The highest BCUT2D eigenvalue weighted by molar-refractivity contribution is 7.99. The Balaban J connectivity index is 1.39. The third-order valence-electron chi connectivity index (χ3n) is 5.18. The van der Waals surface area contributed by atoms with Crippen LogP contribution in [0.25, 0.3) is 11.5 Å². The van der Waals surface area contributed by atoms with E-state index in [1.165, 1.54) is 23.9 Å². The van der Waals surface area contributed by atoms with Crippen molar-refractivity contribution in [1.82, 2.24) is 10.2 Å². The molecule has 4 aromatic rings. The van der Waals surface area contributed by atoms with Crippen LogP contribution in [0.5, 0.6) is 0 Å². The average molecular weight is 431 g/mol. The normalized spacial score (nSPS) is 12.7. The Morgan fingerprint density at radius 3 is 2.29 bits per heavy atom. The maximum atomic E-state index is 13.4. The van der Waals surface area contributed by atoms with Gasteiger partial charge in [0.2, 0.25) is 11.8 Å². The SMILES string of the molecule is O=C(CSc1nnc(-c2cccc(F)c2)o1)N1c2ccccc2CCc2ccccc21. The van der Waals surface area contributed by atoms with Gasteiger partial charge in [0.1, 0.15) is 5.82 Å². The summed E-state index contributed by atoms with van der Waals surface area (Å²) >= 11 is 1.17. The van der Waals surface area contributed by atoms with E-state index in [1.807, 2.05) is 36.4 Å². The minimum Gasteiger partial charge on any atom is -0.411 e. The van der Waals surface area contributed by atoms with E-state index in [0.717, 1.165) is 35.3 Å². The molecule has 0 bridgehead atoms.